The zero-order valence-electron chi connectivity index (χ0n) is 18.0. The molecule has 0 radical (unpaired) electrons. The first-order valence-corrected chi connectivity index (χ1v) is 10.9. The number of carbonyl (C=O) groups excluding carboxylic acids is 1. The minimum atomic E-state index is -0.0951. The van der Waals surface area contributed by atoms with E-state index in [2.05, 4.69) is 20.9 Å². The standard InChI is InChI=1S/C24H29N5O2/c1-27(20-10-15-28(16-11-20)14-9-19-6-4-5-13-25-19)23(30)12-17-29-18-26-22-8-3-2-7-21(22)24(29)31/h2-8,13,18,20H,9-12,14-17H2,1H3. The Morgan fingerprint density at radius 1 is 1.06 bits per heavy atom. The molecular formula is C24H29N5O2. The molecule has 31 heavy (non-hydrogen) atoms. The van der Waals surface area contributed by atoms with E-state index < -0.39 is 0 Å². The number of hydrogen-bond donors (Lipinski definition) is 0. The number of hydrogen-bond acceptors (Lipinski definition) is 5. The molecule has 4 rings (SSSR count). The second kappa shape index (κ2) is 9.83. The number of amides is 1. The van der Waals surface area contributed by atoms with Crippen LogP contribution in [0.2, 0.25) is 0 Å². The molecule has 1 aliphatic rings. The van der Waals surface area contributed by atoms with Crippen LogP contribution in [-0.4, -0.2) is 63.0 Å². The van der Waals surface area contributed by atoms with Gasteiger partial charge in [0.05, 0.1) is 17.2 Å². The van der Waals surface area contributed by atoms with Gasteiger partial charge in [0.15, 0.2) is 0 Å². The molecule has 2 aromatic heterocycles. The number of nitrogens with zero attached hydrogens (tertiary/aromatic N) is 5. The third-order valence-electron chi connectivity index (χ3n) is 6.21. The number of carbonyl (C=O) groups is 1. The molecule has 0 saturated carbocycles. The smallest absolute Gasteiger partial charge is 0.261 e. The Kier molecular flexibility index (Phi) is 6.72. The van der Waals surface area contributed by atoms with Crippen LogP contribution < -0.4 is 5.56 Å². The van der Waals surface area contributed by atoms with Crippen molar-refractivity contribution in [3.8, 4) is 0 Å². The third-order valence-corrected chi connectivity index (χ3v) is 6.21. The van der Waals surface area contributed by atoms with E-state index in [4.69, 9.17) is 0 Å². The van der Waals surface area contributed by atoms with Crippen LogP contribution in [0, 0.1) is 0 Å². The highest BCUT2D eigenvalue weighted by Gasteiger charge is 2.25. The van der Waals surface area contributed by atoms with Crippen LogP contribution in [0.25, 0.3) is 10.9 Å². The van der Waals surface area contributed by atoms with Gasteiger partial charge in [-0.25, -0.2) is 4.98 Å². The van der Waals surface area contributed by atoms with E-state index in [-0.39, 0.29) is 17.5 Å². The number of pyridine rings is 1. The predicted molar refractivity (Wildman–Crippen MR) is 121 cm³/mol. The van der Waals surface area contributed by atoms with Crippen molar-refractivity contribution in [3.05, 3.63) is 71.0 Å². The average Bonchev–Trinajstić information content (AvgIpc) is 2.83. The van der Waals surface area contributed by atoms with Crippen molar-refractivity contribution in [2.24, 2.45) is 0 Å². The van der Waals surface area contributed by atoms with Gasteiger partial charge < -0.3 is 9.80 Å². The molecule has 7 heteroatoms. The average molecular weight is 420 g/mol. The Hall–Kier alpha value is -3.06. The van der Waals surface area contributed by atoms with Crippen molar-refractivity contribution in [2.45, 2.75) is 38.3 Å². The quantitative estimate of drug-likeness (QED) is 0.588. The van der Waals surface area contributed by atoms with Crippen LogP contribution in [0.3, 0.4) is 0 Å². The SMILES string of the molecule is CN(C(=O)CCn1cnc2ccccc2c1=O)C1CCN(CCc2ccccn2)CC1. The van der Waals surface area contributed by atoms with E-state index in [9.17, 15) is 9.59 Å². The minimum absolute atomic E-state index is 0.0759. The van der Waals surface area contributed by atoms with Gasteiger partial charge in [-0.2, -0.15) is 0 Å². The first-order valence-electron chi connectivity index (χ1n) is 10.9. The second-order valence-corrected chi connectivity index (χ2v) is 8.16. The normalized spacial score (nSPS) is 15.3. The summed E-state index contributed by atoms with van der Waals surface area (Å²) in [7, 11) is 1.89. The molecule has 1 saturated heterocycles. The van der Waals surface area contributed by atoms with Gasteiger partial charge in [0.2, 0.25) is 5.91 Å². The molecule has 1 aromatic carbocycles. The van der Waals surface area contributed by atoms with E-state index in [0.29, 0.717) is 23.9 Å². The third kappa shape index (κ3) is 5.17. The monoisotopic (exact) mass is 419 g/mol. The number of rotatable bonds is 7. The number of para-hydroxylation sites is 1. The van der Waals surface area contributed by atoms with Crippen molar-refractivity contribution < 1.29 is 4.79 Å². The van der Waals surface area contributed by atoms with Crippen molar-refractivity contribution in [2.75, 3.05) is 26.7 Å². The first kappa shape index (κ1) is 21.2. The van der Waals surface area contributed by atoms with Gasteiger partial charge in [-0.15, -0.1) is 0 Å². The molecule has 0 bridgehead atoms. The van der Waals surface area contributed by atoms with Crippen LogP contribution in [0.1, 0.15) is 25.0 Å². The highest BCUT2D eigenvalue weighted by Crippen LogP contribution is 2.17. The summed E-state index contributed by atoms with van der Waals surface area (Å²) < 4.78 is 1.54. The molecule has 1 fully saturated rings. The summed E-state index contributed by atoms with van der Waals surface area (Å²) in [6, 6.07) is 13.6. The van der Waals surface area contributed by atoms with Gasteiger partial charge in [-0.1, -0.05) is 18.2 Å². The molecule has 0 unspecified atom stereocenters. The van der Waals surface area contributed by atoms with Crippen LogP contribution >= 0.6 is 0 Å². The topological polar surface area (TPSA) is 71.3 Å². The zero-order chi connectivity index (χ0) is 21.6. The summed E-state index contributed by atoms with van der Waals surface area (Å²) in [5.74, 6) is 0.0759. The Morgan fingerprint density at radius 3 is 2.61 bits per heavy atom. The lowest BCUT2D eigenvalue weighted by Gasteiger charge is -2.36. The maximum atomic E-state index is 12.8. The number of likely N-dealkylation sites (tertiary alicyclic amines) is 1. The molecule has 3 heterocycles. The van der Waals surface area contributed by atoms with Gasteiger partial charge in [0, 0.05) is 64.0 Å². The van der Waals surface area contributed by atoms with Gasteiger partial charge in [-0.05, 0) is 37.1 Å². The fourth-order valence-electron chi connectivity index (χ4n) is 4.21. The molecular weight excluding hydrogens is 390 g/mol. The molecule has 0 atom stereocenters. The minimum Gasteiger partial charge on any atom is -0.343 e. The van der Waals surface area contributed by atoms with Crippen molar-refractivity contribution in [1.29, 1.82) is 0 Å². The van der Waals surface area contributed by atoms with Crippen LogP contribution in [0.15, 0.2) is 59.8 Å². The summed E-state index contributed by atoms with van der Waals surface area (Å²) in [5.41, 5.74) is 1.71. The van der Waals surface area contributed by atoms with Crippen LogP contribution in [0.4, 0.5) is 0 Å². The molecule has 1 amide bonds. The largest absolute Gasteiger partial charge is 0.343 e. The molecule has 7 nitrogen and oxygen atoms in total. The Labute approximate surface area is 182 Å². The first-order chi connectivity index (χ1) is 15.1. The summed E-state index contributed by atoms with van der Waals surface area (Å²) in [6.45, 7) is 3.33. The van der Waals surface area contributed by atoms with Crippen LogP contribution in [-0.2, 0) is 17.8 Å². The fourth-order valence-corrected chi connectivity index (χ4v) is 4.21. The van der Waals surface area contributed by atoms with E-state index in [1.807, 2.05) is 48.5 Å². The highest BCUT2D eigenvalue weighted by atomic mass is 16.2. The Bertz CT molecular complexity index is 1070. The number of fused-ring (bicyclic) bond motifs is 1. The lowest BCUT2D eigenvalue weighted by Crippen LogP contribution is -2.46. The molecule has 1 aliphatic heterocycles. The number of piperidine rings is 1. The van der Waals surface area contributed by atoms with Gasteiger partial charge in [0.25, 0.3) is 5.56 Å². The molecule has 162 valence electrons. The Balaban J connectivity index is 1.25. The summed E-state index contributed by atoms with van der Waals surface area (Å²) >= 11 is 0. The molecule has 0 aliphatic carbocycles. The van der Waals surface area contributed by atoms with E-state index in [0.717, 1.165) is 44.6 Å². The van der Waals surface area contributed by atoms with E-state index in [1.54, 1.807) is 6.07 Å². The van der Waals surface area contributed by atoms with E-state index in [1.165, 1.54) is 10.9 Å². The number of aromatic nitrogens is 3. The fraction of sp³-hybridized carbons (Fsp3) is 0.417. The van der Waals surface area contributed by atoms with Gasteiger partial charge in [-0.3, -0.25) is 19.1 Å². The maximum Gasteiger partial charge on any atom is 0.261 e. The van der Waals surface area contributed by atoms with Crippen LogP contribution in [0.5, 0.6) is 0 Å². The summed E-state index contributed by atoms with van der Waals surface area (Å²) in [6.07, 6.45) is 6.58. The summed E-state index contributed by atoms with van der Waals surface area (Å²) in [4.78, 5) is 38.4. The molecule has 0 N–H and O–H groups in total. The lowest BCUT2D eigenvalue weighted by atomic mass is 10.0. The van der Waals surface area contributed by atoms with E-state index >= 15 is 0 Å². The van der Waals surface area contributed by atoms with Crippen molar-refractivity contribution in [1.82, 2.24) is 24.3 Å². The maximum absolute atomic E-state index is 12.8. The number of aryl methyl sites for hydroxylation is 1. The van der Waals surface area contributed by atoms with Gasteiger partial charge >= 0.3 is 0 Å². The molecule has 0 spiro atoms. The second-order valence-electron chi connectivity index (χ2n) is 8.16. The summed E-state index contributed by atoms with van der Waals surface area (Å²) in [5, 5.41) is 0.587. The Morgan fingerprint density at radius 2 is 1.84 bits per heavy atom. The highest BCUT2D eigenvalue weighted by molar-refractivity contribution is 5.77. The van der Waals surface area contributed by atoms with Crippen molar-refractivity contribution >= 4 is 16.8 Å². The lowest BCUT2D eigenvalue weighted by molar-refractivity contribution is -0.133. The van der Waals surface area contributed by atoms with Crippen molar-refractivity contribution in [3.63, 3.8) is 0 Å². The molecule has 3 aromatic rings. The number of benzene rings is 1. The zero-order valence-corrected chi connectivity index (χ0v) is 18.0. The van der Waals surface area contributed by atoms with Gasteiger partial charge in [0.1, 0.15) is 0 Å². The predicted octanol–water partition coefficient (Wildman–Crippen LogP) is 2.35.